The van der Waals surface area contributed by atoms with Gasteiger partial charge in [0.15, 0.2) is 0 Å². The van der Waals surface area contributed by atoms with Crippen LogP contribution < -0.4 is 5.32 Å². The largest absolute Gasteiger partial charge is 0.312 e. The Hall–Kier alpha value is -1.81. The van der Waals surface area contributed by atoms with Gasteiger partial charge in [0.1, 0.15) is 17.5 Å². The second-order valence-corrected chi connectivity index (χ2v) is 4.33. The summed E-state index contributed by atoms with van der Waals surface area (Å²) < 4.78 is 38.8. The van der Waals surface area contributed by atoms with Gasteiger partial charge in [-0.3, -0.25) is 0 Å². The highest BCUT2D eigenvalue weighted by Crippen LogP contribution is 2.08. The van der Waals surface area contributed by atoms with Crippen LogP contribution in [0.15, 0.2) is 42.5 Å². The van der Waals surface area contributed by atoms with E-state index in [2.05, 4.69) is 5.32 Å². The summed E-state index contributed by atoms with van der Waals surface area (Å²) in [6.07, 6.45) is 0.518. The van der Waals surface area contributed by atoms with Gasteiger partial charge in [-0.1, -0.05) is 12.1 Å². The SMILES string of the molecule is Fc1cc(F)cc(CCNCc2cccc(F)c2)c1. The summed E-state index contributed by atoms with van der Waals surface area (Å²) in [4.78, 5) is 0. The summed E-state index contributed by atoms with van der Waals surface area (Å²) in [5.74, 6) is -1.41. The smallest absolute Gasteiger partial charge is 0.126 e. The van der Waals surface area contributed by atoms with Gasteiger partial charge in [0.05, 0.1) is 0 Å². The van der Waals surface area contributed by atoms with E-state index in [0.717, 1.165) is 11.6 Å². The first-order chi connectivity index (χ1) is 9.13. The number of hydrogen-bond acceptors (Lipinski definition) is 1. The van der Waals surface area contributed by atoms with Gasteiger partial charge in [0.2, 0.25) is 0 Å². The monoisotopic (exact) mass is 265 g/mol. The zero-order chi connectivity index (χ0) is 13.7. The molecule has 0 bridgehead atoms. The van der Waals surface area contributed by atoms with E-state index >= 15 is 0 Å². The first-order valence-corrected chi connectivity index (χ1v) is 6.03. The summed E-state index contributed by atoms with van der Waals surface area (Å²) in [5, 5.41) is 3.10. The molecule has 2 aromatic rings. The van der Waals surface area contributed by atoms with Crippen molar-refractivity contribution in [1.29, 1.82) is 0 Å². The van der Waals surface area contributed by atoms with Crippen LogP contribution in [0.4, 0.5) is 13.2 Å². The lowest BCUT2D eigenvalue weighted by molar-refractivity contribution is 0.577. The predicted molar refractivity (Wildman–Crippen MR) is 68.2 cm³/mol. The number of nitrogens with one attached hydrogen (secondary N) is 1. The van der Waals surface area contributed by atoms with Gasteiger partial charge in [-0.25, -0.2) is 13.2 Å². The average Bonchev–Trinajstić information content (AvgIpc) is 2.34. The number of hydrogen-bond donors (Lipinski definition) is 1. The molecule has 0 spiro atoms. The molecule has 19 heavy (non-hydrogen) atoms. The maximum Gasteiger partial charge on any atom is 0.126 e. The quantitative estimate of drug-likeness (QED) is 0.817. The van der Waals surface area contributed by atoms with Crippen molar-refractivity contribution in [3.63, 3.8) is 0 Å². The summed E-state index contributed by atoms with van der Waals surface area (Å²) in [7, 11) is 0. The molecular weight excluding hydrogens is 251 g/mol. The molecule has 1 nitrogen and oxygen atoms in total. The maximum absolute atomic E-state index is 12.9. The highest BCUT2D eigenvalue weighted by Gasteiger charge is 2.00. The van der Waals surface area contributed by atoms with Crippen molar-refractivity contribution in [3.8, 4) is 0 Å². The molecule has 100 valence electrons. The van der Waals surface area contributed by atoms with Crippen molar-refractivity contribution in [1.82, 2.24) is 5.32 Å². The van der Waals surface area contributed by atoms with Crippen LogP contribution in [-0.2, 0) is 13.0 Å². The molecule has 0 heterocycles. The Balaban J connectivity index is 1.80. The zero-order valence-corrected chi connectivity index (χ0v) is 10.3. The number of halogens is 3. The molecule has 0 aromatic heterocycles. The van der Waals surface area contributed by atoms with Gasteiger partial charge in [0, 0.05) is 12.6 Å². The third-order valence-corrected chi connectivity index (χ3v) is 2.73. The predicted octanol–water partition coefficient (Wildman–Crippen LogP) is 3.44. The highest BCUT2D eigenvalue weighted by molar-refractivity contribution is 5.18. The lowest BCUT2D eigenvalue weighted by Crippen LogP contribution is -2.16. The average molecular weight is 265 g/mol. The summed E-state index contributed by atoms with van der Waals surface area (Å²) in [6, 6.07) is 9.78. The first-order valence-electron chi connectivity index (χ1n) is 6.03. The fourth-order valence-corrected chi connectivity index (χ4v) is 1.87. The van der Waals surface area contributed by atoms with Gasteiger partial charge in [0.25, 0.3) is 0 Å². The molecule has 1 N–H and O–H groups in total. The third-order valence-electron chi connectivity index (χ3n) is 2.73. The Kier molecular flexibility index (Phi) is 4.58. The Morgan fingerprint density at radius 1 is 0.789 bits per heavy atom. The molecule has 0 saturated heterocycles. The van der Waals surface area contributed by atoms with E-state index in [1.807, 2.05) is 6.07 Å². The minimum absolute atomic E-state index is 0.272. The van der Waals surface area contributed by atoms with E-state index in [1.54, 1.807) is 6.07 Å². The standard InChI is InChI=1S/C15H14F3N/c16-13-3-1-2-12(8-13)10-19-5-4-11-6-14(17)9-15(18)7-11/h1-3,6-9,19H,4-5,10H2. The Bertz CT molecular complexity index is 535. The van der Waals surface area contributed by atoms with Gasteiger partial charge < -0.3 is 5.32 Å². The van der Waals surface area contributed by atoms with E-state index in [0.29, 0.717) is 25.1 Å². The Morgan fingerprint density at radius 2 is 1.47 bits per heavy atom. The fourth-order valence-electron chi connectivity index (χ4n) is 1.87. The molecule has 0 aliphatic carbocycles. The molecule has 2 aromatic carbocycles. The molecule has 0 atom stereocenters. The second kappa shape index (κ2) is 6.38. The van der Waals surface area contributed by atoms with Gasteiger partial charge >= 0.3 is 0 Å². The molecule has 0 aliphatic rings. The van der Waals surface area contributed by atoms with Crippen molar-refractivity contribution in [2.24, 2.45) is 0 Å². The highest BCUT2D eigenvalue weighted by atomic mass is 19.1. The minimum atomic E-state index is -0.569. The maximum atomic E-state index is 12.9. The van der Waals surface area contributed by atoms with Gasteiger partial charge in [-0.2, -0.15) is 0 Å². The van der Waals surface area contributed by atoms with Crippen LogP contribution in [0.5, 0.6) is 0 Å². The molecular formula is C15H14F3N. The third kappa shape index (κ3) is 4.41. The van der Waals surface area contributed by atoms with Gasteiger partial charge in [-0.05, 0) is 48.4 Å². The Labute approximate surface area is 110 Å². The van der Waals surface area contributed by atoms with E-state index in [-0.39, 0.29) is 5.82 Å². The Morgan fingerprint density at radius 3 is 2.16 bits per heavy atom. The minimum Gasteiger partial charge on any atom is -0.312 e. The van der Waals surface area contributed by atoms with Crippen LogP contribution in [-0.4, -0.2) is 6.54 Å². The molecule has 0 radical (unpaired) electrons. The van der Waals surface area contributed by atoms with Crippen molar-refractivity contribution in [2.75, 3.05) is 6.54 Å². The van der Waals surface area contributed by atoms with Crippen LogP contribution in [0.25, 0.3) is 0 Å². The number of rotatable bonds is 5. The molecule has 0 fully saturated rings. The van der Waals surface area contributed by atoms with Crippen molar-refractivity contribution in [3.05, 3.63) is 71.0 Å². The van der Waals surface area contributed by atoms with Crippen molar-refractivity contribution in [2.45, 2.75) is 13.0 Å². The molecule has 4 heteroatoms. The molecule has 0 aliphatic heterocycles. The van der Waals surface area contributed by atoms with Crippen LogP contribution in [0, 0.1) is 17.5 Å². The van der Waals surface area contributed by atoms with Gasteiger partial charge in [-0.15, -0.1) is 0 Å². The van der Waals surface area contributed by atoms with Crippen LogP contribution in [0.1, 0.15) is 11.1 Å². The lowest BCUT2D eigenvalue weighted by Gasteiger charge is -2.06. The van der Waals surface area contributed by atoms with E-state index < -0.39 is 11.6 Å². The van der Waals surface area contributed by atoms with Crippen LogP contribution >= 0.6 is 0 Å². The van der Waals surface area contributed by atoms with Crippen LogP contribution in [0.3, 0.4) is 0 Å². The lowest BCUT2D eigenvalue weighted by atomic mass is 10.1. The molecule has 0 saturated carbocycles. The van der Waals surface area contributed by atoms with Crippen LogP contribution in [0.2, 0.25) is 0 Å². The van der Waals surface area contributed by atoms with E-state index in [4.69, 9.17) is 0 Å². The normalized spacial score (nSPS) is 10.7. The molecule has 0 amide bonds. The van der Waals surface area contributed by atoms with E-state index in [1.165, 1.54) is 24.3 Å². The van der Waals surface area contributed by atoms with Crippen molar-refractivity contribution >= 4 is 0 Å². The second-order valence-electron chi connectivity index (χ2n) is 4.33. The topological polar surface area (TPSA) is 12.0 Å². The summed E-state index contributed by atoms with van der Waals surface area (Å²) >= 11 is 0. The summed E-state index contributed by atoms with van der Waals surface area (Å²) in [5.41, 5.74) is 1.44. The van der Waals surface area contributed by atoms with Crippen molar-refractivity contribution < 1.29 is 13.2 Å². The number of benzene rings is 2. The zero-order valence-electron chi connectivity index (χ0n) is 10.3. The molecule has 2 rings (SSSR count). The first kappa shape index (κ1) is 13.6. The fraction of sp³-hybridized carbons (Fsp3) is 0.200. The van der Waals surface area contributed by atoms with E-state index in [9.17, 15) is 13.2 Å². The summed E-state index contributed by atoms with van der Waals surface area (Å²) in [6.45, 7) is 1.09. The molecule has 0 unspecified atom stereocenters.